The van der Waals surface area contributed by atoms with E-state index in [-0.39, 0.29) is 43.5 Å². The van der Waals surface area contributed by atoms with Gasteiger partial charge in [-0.3, -0.25) is 0 Å². The number of ether oxygens (including phenoxy) is 1. The van der Waals surface area contributed by atoms with Gasteiger partial charge in [0, 0.05) is 43.9 Å². The first-order chi connectivity index (χ1) is 20.5. The Bertz CT molecular complexity index is 1200. The number of thioether (sulfide) groups is 1. The van der Waals surface area contributed by atoms with Gasteiger partial charge in [-0.15, -0.1) is 18.2 Å². The van der Waals surface area contributed by atoms with E-state index in [4.69, 9.17) is 29.8 Å². The normalized spacial score (nSPS) is 19.8. The number of terminal acetylenes is 1. The van der Waals surface area contributed by atoms with Crippen LogP contribution in [0.2, 0.25) is 0 Å². The van der Waals surface area contributed by atoms with Gasteiger partial charge in [0.1, 0.15) is 5.18 Å². The predicted molar refractivity (Wildman–Crippen MR) is 166 cm³/mol. The molecule has 0 bridgehead atoms. The number of hydrogen-bond acceptors (Lipinski definition) is 2. The fourth-order valence-electron chi connectivity index (χ4n) is 5.02. The maximum Gasteiger partial charge on any atom is 0 e. The van der Waals surface area contributed by atoms with Gasteiger partial charge >= 0.3 is 45.2 Å². The minimum atomic E-state index is -0.533. The zero-order chi connectivity index (χ0) is 32.0. The van der Waals surface area contributed by atoms with Gasteiger partial charge in [0.05, 0.1) is 6.10 Å². The molecule has 1 aliphatic heterocycles. The zero-order valence-corrected chi connectivity index (χ0v) is 28.5. The van der Waals surface area contributed by atoms with E-state index >= 15 is 0 Å². The second-order valence-corrected chi connectivity index (χ2v) is 14.1. The van der Waals surface area contributed by atoms with Crippen molar-refractivity contribution in [3.63, 3.8) is 0 Å². The largest absolute Gasteiger partial charge is 0 e. The first-order valence-electron chi connectivity index (χ1n) is 13.0. The summed E-state index contributed by atoms with van der Waals surface area (Å²) in [6.07, 6.45) is 9.40. The molecule has 0 N–H and O–H groups in total. The molecule has 2 fully saturated rings. The summed E-state index contributed by atoms with van der Waals surface area (Å²) in [5, 5.41) is 3.07. The van der Waals surface area contributed by atoms with Crippen molar-refractivity contribution in [1.82, 2.24) is 0 Å². The molecule has 1 aliphatic carbocycles. The minimum absolute atomic E-state index is 0. The van der Waals surface area contributed by atoms with Crippen LogP contribution >= 0.6 is 19.7 Å². The van der Waals surface area contributed by atoms with Gasteiger partial charge < -0.3 is 4.74 Å². The minimum Gasteiger partial charge on any atom is 0 e. The molecule has 1 heterocycles. The van der Waals surface area contributed by atoms with Crippen LogP contribution in [0.5, 0.6) is 0 Å². The van der Waals surface area contributed by atoms with Crippen LogP contribution in [0, 0.1) is 50.8 Å². The van der Waals surface area contributed by atoms with Gasteiger partial charge in [-0.2, -0.15) is 0 Å². The van der Waals surface area contributed by atoms with Gasteiger partial charge in [-0.25, -0.2) is 0 Å². The summed E-state index contributed by atoms with van der Waals surface area (Å²) < 4.78 is 37.1. The number of benzene rings is 3. The van der Waals surface area contributed by atoms with Crippen molar-refractivity contribution in [2.75, 3.05) is 0 Å². The Kier molecular flexibility index (Phi) is 28.7. The summed E-state index contributed by atoms with van der Waals surface area (Å²) in [4.78, 5) is 0. The molecule has 234 valence electrons. The summed E-state index contributed by atoms with van der Waals surface area (Å²) >= 11 is 2.08. The number of fused-ring (bicyclic) bond motifs is 1. The fourth-order valence-corrected chi connectivity index (χ4v) is 10.2. The van der Waals surface area contributed by atoms with E-state index in [0.717, 1.165) is 11.5 Å². The molecule has 0 aromatic heterocycles. The standard InChI is InChI=1S/C23H29OPS.C8H6.4CO.2Co/c1-17-14-15-20-21(16-17)24-22(26-23(20,2)3)25(18-10-6-4-7-11-18)19-12-8-5-9-13-19;1-2-8-6-4-3-5-7-8;4*1-2;;/h4-13,17,20-22H,14-16H2,1-3H3;1,3-7H;;;;;;/t17-,20-,21-,22+;;;;;;;/m1......./s1. The number of hydrogen-bond donors (Lipinski definition) is 0. The molecule has 0 unspecified atom stereocenters. The topological polar surface area (TPSA) is 88.8 Å². The van der Waals surface area contributed by atoms with Crippen LogP contribution in [0.25, 0.3) is 0 Å². The smallest absolute Gasteiger partial charge is 0 e. The maximum atomic E-state index is 7.50. The van der Waals surface area contributed by atoms with Crippen molar-refractivity contribution in [3.05, 3.63) is 123 Å². The fraction of sp³-hybridized carbons (Fsp3) is 0.314. The quantitative estimate of drug-likeness (QED) is 0.124. The second kappa shape index (κ2) is 27.3. The van der Waals surface area contributed by atoms with Crippen molar-refractivity contribution >= 4 is 30.3 Å². The average Bonchev–Trinajstić information content (AvgIpc) is 3.06. The van der Waals surface area contributed by atoms with Crippen molar-refractivity contribution in [2.45, 2.75) is 56.1 Å². The molecule has 4 atom stereocenters. The third-order valence-corrected chi connectivity index (χ3v) is 11.3. The Morgan fingerprint density at radius 2 is 1.16 bits per heavy atom. The van der Waals surface area contributed by atoms with E-state index in [1.165, 1.54) is 29.9 Å². The second-order valence-electron chi connectivity index (χ2n) is 9.78. The van der Waals surface area contributed by atoms with E-state index in [0.29, 0.717) is 12.0 Å². The maximum absolute atomic E-state index is 7.50. The molecular weight excluding hydrogens is 681 g/mol. The summed E-state index contributed by atoms with van der Waals surface area (Å²) in [6, 6.07) is 31.6. The molecule has 5 rings (SSSR count). The van der Waals surface area contributed by atoms with E-state index < -0.39 is 7.92 Å². The zero-order valence-electron chi connectivity index (χ0n) is 24.7. The molecular formula is C35H35Co2O5PS. The molecule has 5 nitrogen and oxygen atoms in total. The summed E-state index contributed by atoms with van der Waals surface area (Å²) in [6.45, 7) is 25.3. The van der Waals surface area contributed by atoms with Crippen LogP contribution in [-0.4, -0.2) is 16.0 Å². The van der Waals surface area contributed by atoms with E-state index in [1.54, 1.807) is 0 Å². The van der Waals surface area contributed by atoms with Crippen LogP contribution in [0.4, 0.5) is 0 Å². The molecule has 3 aromatic carbocycles. The Labute approximate surface area is 289 Å². The molecule has 0 amide bonds. The van der Waals surface area contributed by atoms with Crippen LogP contribution in [0.1, 0.15) is 45.6 Å². The molecule has 2 radical (unpaired) electrons. The summed E-state index contributed by atoms with van der Waals surface area (Å²) in [5.74, 6) is 4.00. The van der Waals surface area contributed by atoms with Gasteiger partial charge in [-0.1, -0.05) is 112 Å². The molecule has 1 saturated heterocycles. The van der Waals surface area contributed by atoms with Crippen molar-refractivity contribution < 1.29 is 56.9 Å². The molecule has 3 aromatic rings. The summed E-state index contributed by atoms with van der Waals surface area (Å²) in [5.41, 5.74) is 0.938. The predicted octanol–water partition coefficient (Wildman–Crippen LogP) is 7.26. The molecule has 0 spiro atoms. The molecule has 9 heteroatoms. The Balaban J connectivity index is -0.000000791. The van der Waals surface area contributed by atoms with E-state index in [2.05, 4.69) is 126 Å². The Hall–Kier alpha value is -2.07. The Morgan fingerprint density at radius 3 is 1.55 bits per heavy atom. The molecule has 1 saturated carbocycles. The average molecular weight is 717 g/mol. The third-order valence-electron chi connectivity index (χ3n) is 6.86. The van der Waals surface area contributed by atoms with Gasteiger partial charge in [0.15, 0.2) is 0 Å². The first-order valence-corrected chi connectivity index (χ1v) is 15.3. The first kappa shape index (κ1) is 46.4. The van der Waals surface area contributed by atoms with Gasteiger partial charge in [0.25, 0.3) is 0 Å². The third kappa shape index (κ3) is 14.8. The summed E-state index contributed by atoms with van der Waals surface area (Å²) in [7, 11) is -0.533. The molecule has 44 heavy (non-hydrogen) atoms. The van der Waals surface area contributed by atoms with Crippen LogP contribution in [-0.2, 0) is 56.9 Å². The Morgan fingerprint density at radius 1 is 0.750 bits per heavy atom. The van der Waals surface area contributed by atoms with Crippen LogP contribution in [0.15, 0.2) is 91.0 Å². The van der Waals surface area contributed by atoms with Crippen molar-refractivity contribution in [3.8, 4) is 12.3 Å². The van der Waals surface area contributed by atoms with E-state index in [1.807, 2.05) is 30.3 Å². The van der Waals surface area contributed by atoms with Crippen LogP contribution < -0.4 is 10.6 Å². The van der Waals surface area contributed by atoms with Crippen LogP contribution in [0.3, 0.4) is 0 Å². The van der Waals surface area contributed by atoms with Crippen molar-refractivity contribution in [2.24, 2.45) is 11.8 Å². The van der Waals surface area contributed by atoms with Gasteiger partial charge in [-0.05, 0) is 55.3 Å². The number of rotatable bonds is 3. The monoisotopic (exact) mass is 716 g/mol. The van der Waals surface area contributed by atoms with Gasteiger partial charge in [0.2, 0.25) is 0 Å². The molecule has 2 aliphatic rings. The van der Waals surface area contributed by atoms with Crippen molar-refractivity contribution in [1.29, 1.82) is 0 Å². The SMILES string of the molecule is C#Cc1ccccc1.C[C@@H]1CC[C@@H]2[C@@H](C1)O[C@@H](P(c1ccccc1)c1ccccc1)SC2(C)C.[C-]#[O+].[C-]#[O+].[C-]#[O+].[C-]#[O+].[Co].[Co]. The van der Waals surface area contributed by atoms with E-state index in [9.17, 15) is 0 Å².